The molecule has 0 saturated heterocycles. The van der Waals surface area contributed by atoms with E-state index in [-0.39, 0.29) is 17.9 Å². The molecule has 1 rings (SSSR count). The van der Waals surface area contributed by atoms with E-state index in [4.69, 9.17) is 0 Å². The van der Waals surface area contributed by atoms with E-state index in [1.54, 1.807) is 20.9 Å². The van der Waals surface area contributed by atoms with Crippen LogP contribution in [0.2, 0.25) is 0 Å². The molecule has 1 aromatic rings. The first-order valence-electron chi connectivity index (χ1n) is 6.27. The highest BCUT2D eigenvalue weighted by Gasteiger charge is 2.18. The van der Waals surface area contributed by atoms with Gasteiger partial charge in [-0.15, -0.1) is 0 Å². The maximum absolute atomic E-state index is 12.0. The molecule has 1 N–H and O–H groups in total. The predicted octanol–water partition coefficient (Wildman–Crippen LogP) is 0.626. The fourth-order valence-electron chi connectivity index (χ4n) is 1.69. The predicted molar refractivity (Wildman–Crippen MR) is 82.4 cm³/mol. The molecule has 0 spiro atoms. The largest absolute Gasteiger partial charge is 0.382 e. The summed E-state index contributed by atoms with van der Waals surface area (Å²) in [5.41, 5.74) is 0.212. The monoisotopic (exact) mass is 366 g/mol. The van der Waals surface area contributed by atoms with E-state index >= 15 is 0 Å². The molecule has 0 unspecified atom stereocenters. The Morgan fingerprint density at radius 3 is 2.55 bits per heavy atom. The van der Waals surface area contributed by atoms with Crippen molar-refractivity contribution in [2.45, 2.75) is 13.8 Å². The van der Waals surface area contributed by atoms with Gasteiger partial charge >= 0.3 is 0 Å². The quantitative estimate of drug-likeness (QED) is 0.764. The third kappa shape index (κ3) is 4.03. The molecular formula is C11H19BrN4O3S. The minimum absolute atomic E-state index is 0.0314. The zero-order valence-corrected chi connectivity index (χ0v) is 14.2. The molecule has 20 heavy (non-hydrogen) atoms. The second-order valence-electron chi connectivity index (χ2n) is 4.13. The van der Waals surface area contributed by atoms with Gasteiger partial charge in [-0.3, -0.25) is 4.79 Å². The number of halogens is 1. The van der Waals surface area contributed by atoms with Crippen molar-refractivity contribution in [2.24, 2.45) is 7.05 Å². The average molecular weight is 367 g/mol. The van der Waals surface area contributed by atoms with E-state index in [9.17, 15) is 13.2 Å². The molecule has 0 aliphatic rings. The van der Waals surface area contributed by atoms with Crippen molar-refractivity contribution in [1.29, 1.82) is 0 Å². The number of aromatic nitrogens is 2. The van der Waals surface area contributed by atoms with E-state index < -0.39 is 10.0 Å². The third-order valence-corrected chi connectivity index (χ3v) is 5.64. The highest BCUT2D eigenvalue weighted by Crippen LogP contribution is 2.15. The third-order valence-electron chi connectivity index (χ3n) is 2.85. The fourth-order valence-corrected chi connectivity index (χ4v) is 3.60. The summed E-state index contributed by atoms with van der Waals surface area (Å²) in [6, 6.07) is 0. The van der Waals surface area contributed by atoms with Crippen molar-refractivity contribution in [2.75, 3.05) is 30.7 Å². The molecular weight excluding hydrogens is 348 g/mol. The zero-order chi connectivity index (χ0) is 15.3. The van der Waals surface area contributed by atoms with Gasteiger partial charge < -0.3 is 5.32 Å². The Kier molecular flexibility index (Phi) is 6.15. The minimum Gasteiger partial charge on any atom is -0.382 e. The number of hydrogen-bond donors (Lipinski definition) is 1. The second kappa shape index (κ2) is 7.19. The summed E-state index contributed by atoms with van der Waals surface area (Å²) in [5.74, 6) is -0.0314. The number of aryl methyl sites for hydroxylation is 1. The van der Waals surface area contributed by atoms with Gasteiger partial charge in [0.15, 0.2) is 0 Å². The number of nitrogens with zero attached hydrogens (tertiary/aromatic N) is 3. The highest BCUT2D eigenvalue weighted by atomic mass is 79.9. The molecule has 0 amide bonds. The molecule has 0 radical (unpaired) electrons. The molecule has 1 aromatic heterocycles. The fraction of sp³-hybridized carbons (Fsp3) is 0.636. The number of rotatable bonds is 7. The van der Waals surface area contributed by atoms with E-state index in [0.717, 1.165) is 0 Å². The molecule has 7 nitrogen and oxygen atoms in total. The number of hydrogen-bond acceptors (Lipinski definition) is 5. The molecule has 0 aliphatic heterocycles. The molecule has 114 valence electrons. The van der Waals surface area contributed by atoms with Crippen LogP contribution in [0.4, 0.5) is 5.69 Å². The normalized spacial score (nSPS) is 11.8. The second-order valence-corrected chi connectivity index (χ2v) is 7.01. The van der Waals surface area contributed by atoms with Crippen LogP contribution in [0, 0.1) is 0 Å². The molecule has 1 heterocycles. The van der Waals surface area contributed by atoms with Crippen molar-refractivity contribution in [3.63, 3.8) is 0 Å². The summed E-state index contributed by atoms with van der Waals surface area (Å²) >= 11 is 3.17. The van der Waals surface area contributed by atoms with Crippen LogP contribution in [0.5, 0.6) is 0 Å². The Labute approximate surface area is 127 Å². The average Bonchev–Trinajstić information content (AvgIpc) is 2.40. The van der Waals surface area contributed by atoms with E-state index in [1.165, 1.54) is 15.2 Å². The summed E-state index contributed by atoms with van der Waals surface area (Å²) in [4.78, 5) is 11.6. The lowest BCUT2D eigenvalue weighted by molar-refractivity contribution is 0.446. The van der Waals surface area contributed by atoms with Gasteiger partial charge in [0.2, 0.25) is 10.0 Å². The van der Waals surface area contributed by atoms with Crippen LogP contribution >= 0.6 is 15.9 Å². The Bertz CT molecular complexity index is 611. The Morgan fingerprint density at radius 2 is 2.00 bits per heavy atom. The number of nitrogens with one attached hydrogen (secondary N) is 1. The SMILES string of the molecule is CCN(CC)S(=O)(=O)CCNc1cnn(C)c(=O)c1Br. The summed E-state index contributed by atoms with van der Waals surface area (Å²) in [6.45, 7) is 4.73. The first-order valence-corrected chi connectivity index (χ1v) is 8.67. The van der Waals surface area contributed by atoms with E-state index in [0.29, 0.717) is 23.2 Å². The van der Waals surface area contributed by atoms with Crippen LogP contribution in [-0.4, -0.2) is 47.9 Å². The molecule has 0 atom stereocenters. The summed E-state index contributed by atoms with van der Waals surface area (Å²) in [6.07, 6.45) is 1.48. The first-order chi connectivity index (χ1) is 9.33. The topological polar surface area (TPSA) is 84.3 Å². The first kappa shape index (κ1) is 17.1. The lowest BCUT2D eigenvalue weighted by atomic mass is 10.4. The van der Waals surface area contributed by atoms with Crippen LogP contribution in [0.15, 0.2) is 15.5 Å². The van der Waals surface area contributed by atoms with Crippen LogP contribution in [-0.2, 0) is 17.1 Å². The van der Waals surface area contributed by atoms with Crippen LogP contribution in [0.25, 0.3) is 0 Å². The molecule has 0 bridgehead atoms. The zero-order valence-electron chi connectivity index (χ0n) is 11.8. The van der Waals surface area contributed by atoms with E-state index in [1.807, 2.05) is 0 Å². The Balaban J connectivity index is 2.70. The molecule has 0 aliphatic carbocycles. The van der Waals surface area contributed by atoms with Gasteiger partial charge in [0.1, 0.15) is 4.47 Å². The molecule has 0 saturated carbocycles. The van der Waals surface area contributed by atoms with Crippen LogP contribution < -0.4 is 10.9 Å². The van der Waals surface area contributed by atoms with Gasteiger partial charge in [-0.05, 0) is 15.9 Å². The summed E-state index contributed by atoms with van der Waals surface area (Å²) < 4.78 is 26.9. The highest BCUT2D eigenvalue weighted by molar-refractivity contribution is 9.10. The molecule has 0 fully saturated rings. The number of anilines is 1. The standard InChI is InChI=1S/C11H19BrN4O3S/c1-4-16(5-2)20(18,19)7-6-13-9-8-14-15(3)11(17)10(9)12/h8,13H,4-7H2,1-3H3. The van der Waals surface area contributed by atoms with Gasteiger partial charge in [0, 0.05) is 26.7 Å². The van der Waals surface area contributed by atoms with Crippen LogP contribution in [0.3, 0.4) is 0 Å². The minimum atomic E-state index is -3.27. The Hall–Kier alpha value is -0.930. The van der Waals surface area contributed by atoms with Crippen molar-refractivity contribution >= 4 is 31.6 Å². The van der Waals surface area contributed by atoms with Crippen LogP contribution in [0.1, 0.15) is 13.8 Å². The smallest absolute Gasteiger partial charge is 0.282 e. The molecule has 9 heteroatoms. The summed E-state index contributed by atoms with van der Waals surface area (Å²) in [5, 5.41) is 6.79. The van der Waals surface area contributed by atoms with Crippen molar-refractivity contribution < 1.29 is 8.42 Å². The molecule has 0 aromatic carbocycles. The van der Waals surface area contributed by atoms with Crippen molar-refractivity contribution in [1.82, 2.24) is 14.1 Å². The van der Waals surface area contributed by atoms with Gasteiger partial charge in [-0.25, -0.2) is 17.4 Å². The van der Waals surface area contributed by atoms with Gasteiger partial charge in [-0.2, -0.15) is 5.10 Å². The number of sulfonamides is 1. The van der Waals surface area contributed by atoms with Gasteiger partial charge in [0.05, 0.1) is 17.6 Å². The summed E-state index contributed by atoms with van der Waals surface area (Å²) in [7, 11) is -1.73. The van der Waals surface area contributed by atoms with Gasteiger partial charge in [-0.1, -0.05) is 13.8 Å². The Morgan fingerprint density at radius 1 is 1.40 bits per heavy atom. The lowest BCUT2D eigenvalue weighted by Gasteiger charge is -2.18. The maximum atomic E-state index is 12.0. The van der Waals surface area contributed by atoms with Crippen molar-refractivity contribution in [3.05, 3.63) is 21.0 Å². The van der Waals surface area contributed by atoms with Crippen molar-refractivity contribution in [3.8, 4) is 0 Å². The maximum Gasteiger partial charge on any atom is 0.282 e. The van der Waals surface area contributed by atoms with E-state index in [2.05, 4.69) is 26.3 Å². The van der Waals surface area contributed by atoms with Gasteiger partial charge in [0.25, 0.3) is 5.56 Å². The lowest BCUT2D eigenvalue weighted by Crippen LogP contribution is -2.34.